The van der Waals surface area contributed by atoms with Crippen molar-refractivity contribution in [3.8, 4) is 22.4 Å². The second-order valence-corrected chi connectivity index (χ2v) is 9.91. The summed E-state index contributed by atoms with van der Waals surface area (Å²) in [4.78, 5) is 12.3. The van der Waals surface area contributed by atoms with Crippen molar-refractivity contribution >= 4 is 15.7 Å². The van der Waals surface area contributed by atoms with E-state index >= 15 is 0 Å². The summed E-state index contributed by atoms with van der Waals surface area (Å²) in [6.07, 6.45) is -3.34. The fraction of sp³-hybridized carbons (Fsp3) is 0.273. The fourth-order valence-electron chi connectivity index (χ4n) is 3.80. The molecule has 1 amide bonds. The molecule has 1 atom stereocenters. The Balaban J connectivity index is 1.68. The predicted molar refractivity (Wildman–Crippen MR) is 113 cm³/mol. The number of rotatable bonds is 4. The zero-order valence-electron chi connectivity index (χ0n) is 17.3. The van der Waals surface area contributed by atoms with Gasteiger partial charge in [0.1, 0.15) is 6.54 Å². The molecule has 3 aromatic rings. The van der Waals surface area contributed by atoms with Crippen molar-refractivity contribution in [2.24, 2.45) is 0 Å². The predicted octanol–water partition coefficient (Wildman–Crippen LogP) is 4.03. The van der Waals surface area contributed by atoms with Gasteiger partial charge in [0.25, 0.3) is 5.91 Å². The number of aromatic nitrogens is 2. The van der Waals surface area contributed by atoms with Crippen LogP contribution in [0.4, 0.5) is 13.2 Å². The van der Waals surface area contributed by atoms with Crippen LogP contribution in [0, 0.1) is 0 Å². The summed E-state index contributed by atoms with van der Waals surface area (Å²) in [5, 5.41) is 6.03. The number of carbonyl (C=O) groups is 1. The SMILES string of the molecule is CC1Cn2nc(C(=O)NCC(F)(F)F)cc2-c2ccc(-c3cccc(S(C)(=O)=O)c3)cc21. The molecule has 1 N–H and O–H groups in total. The maximum absolute atomic E-state index is 12.4. The summed E-state index contributed by atoms with van der Waals surface area (Å²) in [5.74, 6) is -0.853. The second-order valence-electron chi connectivity index (χ2n) is 7.90. The van der Waals surface area contributed by atoms with Crippen molar-refractivity contribution in [1.82, 2.24) is 15.1 Å². The maximum atomic E-state index is 12.4. The van der Waals surface area contributed by atoms with Gasteiger partial charge in [0.15, 0.2) is 15.5 Å². The third kappa shape index (κ3) is 4.40. The first-order chi connectivity index (χ1) is 14.9. The second kappa shape index (κ2) is 7.77. The molecule has 0 fully saturated rings. The highest BCUT2D eigenvalue weighted by Crippen LogP contribution is 2.38. The van der Waals surface area contributed by atoms with E-state index in [2.05, 4.69) is 5.10 Å². The van der Waals surface area contributed by atoms with Gasteiger partial charge < -0.3 is 5.32 Å². The highest BCUT2D eigenvalue weighted by molar-refractivity contribution is 7.90. The topological polar surface area (TPSA) is 81.1 Å². The van der Waals surface area contributed by atoms with Gasteiger partial charge in [-0.15, -0.1) is 0 Å². The van der Waals surface area contributed by atoms with Crippen LogP contribution in [0.2, 0.25) is 0 Å². The van der Waals surface area contributed by atoms with Crippen LogP contribution in [-0.4, -0.2) is 43.1 Å². The van der Waals surface area contributed by atoms with E-state index in [0.29, 0.717) is 12.2 Å². The van der Waals surface area contributed by atoms with Gasteiger partial charge in [0.05, 0.1) is 10.6 Å². The first kappa shape index (κ1) is 22.1. The van der Waals surface area contributed by atoms with Gasteiger partial charge in [0, 0.05) is 24.3 Å². The van der Waals surface area contributed by atoms with Gasteiger partial charge in [0.2, 0.25) is 0 Å². The van der Waals surface area contributed by atoms with E-state index in [1.807, 2.05) is 36.5 Å². The van der Waals surface area contributed by atoms with E-state index in [4.69, 9.17) is 0 Å². The van der Waals surface area contributed by atoms with Crippen LogP contribution in [0.1, 0.15) is 28.9 Å². The first-order valence-corrected chi connectivity index (χ1v) is 11.7. The smallest absolute Gasteiger partial charge is 0.342 e. The highest BCUT2D eigenvalue weighted by atomic mass is 32.2. The van der Waals surface area contributed by atoms with Crippen molar-refractivity contribution in [3.63, 3.8) is 0 Å². The summed E-state index contributed by atoms with van der Waals surface area (Å²) in [7, 11) is -3.34. The van der Waals surface area contributed by atoms with Gasteiger partial charge >= 0.3 is 6.18 Å². The third-order valence-corrected chi connectivity index (χ3v) is 6.47. The molecule has 168 valence electrons. The summed E-state index contributed by atoms with van der Waals surface area (Å²) in [5.41, 5.74) is 3.99. The number of fused-ring (bicyclic) bond motifs is 3. The number of benzene rings is 2. The zero-order valence-corrected chi connectivity index (χ0v) is 18.1. The fourth-order valence-corrected chi connectivity index (χ4v) is 4.47. The number of nitrogens with zero attached hydrogens (tertiary/aromatic N) is 2. The molecule has 1 aromatic heterocycles. The number of halogens is 3. The average Bonchev–Trinajstić information content (AvgIpc) is 3.15. The molecule has 4 rings (SSSR count). The van der Waals surface area contributed by atoms with Gasteiger partial charge in [-0.05, 0) is 34.9 Å². The monoisotopic (exact) mass is 463 g/mol. The normalized spacial score (nSPS) is 15.7. The van der Waals surface area contributed by atoms with Gasteiger partial charge in [-0.1, -0.05) is 37.3 Å². The molecule has 32 heavy (non-hydrogen) atoms. The van der Waals surface area contributed by atoms with Crippen LogP contribution in [0.3, 0.4) is 0 Å². The van der Waals surface area contributed by atoms with E-state index in [1.54, 1.807) is 22.9 Å². The minimum absolute atomic E-state index is 0.0292. The lowest BCUT2D eigenvalue weighted by molar-refractivity contribution is -0.123. The van der Waals surface area contributed by atoms with Crippen LogP contribution >= 0.6 is 0 Å². The zero-order chi connectivity index (χ0) is 23.3. The van der Waals surface area contributed by atoms with Gasteiger partial charge in [-0.2, -0.15) is 18.3 Å². The third-order valence-electron chi connectivity index (χ3n) is 5.36. The molecular weight excluding hydrogens is 443 g/mol. The van der Waals surface area contributed by atoms with Crippen molar-refractivity contribution in [2.75, 3.05) is 12.8 Å². The van der Waals surface area contributed by atoms with E-state index in [0.717, 1.165) is 28.5 Å². The van der Waals surface area contributed by atoms with E-state index in [9.17, 15) is 26.4 Å². The van der Waals surface area contributed by atoms with Crippen LogP contribution in [-0.2, 0) is 16.4 Å². The van der Waals surface area contributed by atoms with E-state index in [-0.39, 0.29) is 16.5 Å². The summed E-state index contributed by atoms with van der Waals surface area (Å²) < 4.78 is 62.6. The minimum Gasteiger partial charge on any atom is -0.342 e. The van der Waals surface area contributed by atoms with Crippen molar-refractivity contribution in [1.29, 1.82) is 0 Å². The Hall–Kier alpha value is -3.14. The highest BCUT2D eigenvalue weighted by Gasteiger charge is 2.30. The molecule has 2 aromatic carbocycles. The Morgan fingerprint density at radius 3 is 2.56 bits per heavy atom. The lowest BCUT2D eigenvalue weighted by Gasteiger charge is -2.24. The lowest BCUT2D eigenvalue weighted by atomic mass is 9.88. The van der Waals surface area contributed by atoms with Crippen molar-refractivity contribution < 1.29 is 26.4 Å². The molecule has 0 spiro atoms. The van der Waals surface area contributed by atoms with Crippen LogP contribution < -0.4 is 5.32 Å². The number of sulfone groups is 1. The van der Waals surface area contributed by atoms with E-state index < -0.39 is 28.5 Å². The number of hydrogen-bond donors (Lipinski definition) is 1. The summed E-state index contributed by atoms with van der Waals surface area (Å²) in [6.45, 7) is 1.03. The Bertz CT molecular complexity index is 1310. The molecule has 0 bridgehead atoms. The van der Waals surface area contributed by atoms with Crippen molar-refractivity contribution in [2.45, 2.75) is 30.5 Å². The molecule has 0 saturated heterocycles. The Labute approximate surface area is 183 Å². The molecule has 0 saturated carbocycles. The Morgan fingerprint density at radius 2 is 1.88 bits per heavy atom. The average molecular weight is 463 g/mol. The number of nitrogens with one attached hydrogen (secondary N) is 1. The summed E-state index contributed by atoms with van der Waals surface area (Å²) in [6, 6.07) is 13.9. The standard InChI is InChI=1S/C22H20F3N3O3S/c1-13-11-28-20(10-19(27-28)21(29)26-12-22(23,24)25)17-7-6-15(9-18(13)17)14-4-3-5-16(8-14)32(2,30)31/h3-10,13H,11-12H2,1-2H3,(H,26,29). The molecule has 1 aliphatic heterocycles. The van der Waals surface area contributed by atoms with Gasteiger partial charge in [-0.3, -0.25) is 9.48 Å². The Kier molecular flexibility index (Phi) is 5.36. The van der Waals surface area contributed by atoms with Crippen LogP contribution in [0.15, 0.2) is 53.4 Å². The van der Waals surface area contributed by atoms with Crippen LogP contribution in [0.25, 0.3) is 22.4 Å². The van der Waals surface area contributed by atoms with Gasteiger partial charge in [-0.25, -0.2) is 8.42 Å². The number of hydrogen-bond acceptors (Lipinski definition) is 4. The molecule has 1 unspecified atom stereocenters. The molecular formula is C22H20F3N3O3S. The maximum Gasteiger partial charge on any atom is 0.405 e. The quantitative estimate of drug-likeness (QED) is 0.634. The molecule has 1 aliphatic rings. The summed E-state index contributed by atoms with van der Waals surface area (Å²) >= 11 is 0. The van der Waals surface area contributed by atoms with Crippen LogP contribution in [0.5, 0.6) is 0 Å². The first-order valence-electron chi connectivity index (χ1n) is 9.80. The molecule has 0 aliphatic carbocycles. The Morgan fingerprint density at radius 1 is 1.16 bits per heavy atom. The number of amides is 1. The largest absolute Gasteiger partial charge is 0.405 e. The molecule has 2 heterocycles. The lowest BCUT2D eigenvalue weighted by Crippen LogP contribution is -2.34. The molecule has 10 heteroatoms. The minimum atomic E-state index is -4.50. The number of carbonyl (C=O) groups excluding carboxylic acids is 1. The number of alkyl halides is 3. The molecule has 0 radical (unpaired) electrons. The molecule has 6 nitrogen and oxygen atoms in total. The van der Waals surface area contributed by atoms with Crippen molar-refractivity contribution in [3.05, 3.63) is 59.8 Å². The van der Waals surface area contributed by atoms with E-state index in [1.165, 1.54) is 6.07 Å².